The van der Waals surface area contributed by atoms with Crippen LogP contribution in [0.1, 0.15) is 10.5 Å². The van der Waals surface area contributed by atoms with Crippen molar-refractivity contribution < 1.29 is 14.6 Å². The lowest BCUT2D eigenvalue weighted by molar-refractivity contribution is 0.0690. The van der Waals surface area contributed by atoms with Crippen molar-refractivity contribution in [1.29, 1.82) is 0 Å². The molecular formula is C10H8N4O3. The number of carboxylic acids is 1. The van der Waals surface area contributed by atoms with Gasteiger partial charge in [-0.3, -0.25) is 0 Å². The van der Waals surface area contributed by atoms with Crippen LogP contribution in [0.4, 0.5) is 0 Å². The maximum atomic E-state index is 10.9. The molecule has 0 fully saturated rings. The van der Waals surface area contributed by atoms with Crippen LogP contribution in [0.25, 0.3) is 11.5 Å². The van der Waals surface area contributed by atoms with Gasteiger partial charge in [0.05, 0.1) is 7.11 Å². The van der Waals surface area contributed by atoms with Crippen molar-refractivity contribution in [3.05, 3.63) is 30.4 Å². The highest BCUT2D eigenvalue weighted by Gasteiger charge is 2.12. The Hall–Kier alpha value is -2.57. The molecule has 0 aliphatic rings. The van der Waals surface area contributed by atoms with E-state index in [0.29, 0.717) is 5.69 Å². The summed E-state index contributed by atoms with van der Waals surface area (Å²) in [5, 5.41) is 8.90. The Kier molecular flexibility index (Phi) is 2.91. The van der Waals surface area contributed by atoms with E-state index in [4.69, 9.17) is 9.84 Å². The summed E-state index contributed by atoms with van der Waals surface area (Å²) in [5.41, 5.74) is 0.284. The first-order chi connectivity index (χ1) is 8.20. The Bertz CT molecular complexity index is 545. The van der Waals surface area contributed by atoms with Gasteiger partial charge in [-0.15, -0.1) is 0 Å². The Balaban J connectivity index is 2.54. The van der Waals surface area contributed by atoms with Crippen LogP contribution in [-0.2, 0) is 0 Å². The largest absolute Gasteiger partial charge is 0.481 e. The first-order valence-corrected chi connectivity index (χ1v) is 4.63. The molecule has 0 aliphatic carbocycles. The van der Waals surface area contributed by atoms with Crippen molar-refractivity contribution in [1.82, 2.24) is 19.9 Å². The van der Waals surface area contributed by atoms with Gasteiger partial charge in [-0.25, -0.2) is 19.7 Å². The van der Waals surface area contributed by atoms with Gasteiger partial charge in [0.2, 0.25) is 5.88 Å². The summed E-state index contributed by atoms with van der Waals surface area (Å²) >= 11 is 0. The topological polar surface area (TPSA) is 98.1 Å². The minimum Gasteiger partial charge on any atom is -0.481 e. The number of methoxy groups -OCH3 is 1. The van der Waals surface area contributed by atoms with Gasteiger partial charge in [0, 0.05) is 12.3 Å². The summed E-state index contributed by atoms with van der Waals surface area (Å²) in [6.45, 7) is 0. The van der Waals surface area contributed by atoms with E-state index in [1.54, 1.807) is 6.07 Å². The molecule has 0 amide bonds. The lowest BCUT2D eigenvalue weighted by atomic mass is 10.3. The third-order valence-corrected chi connectivity index (χ3v) is 1.94. The number of rotatable bonds is 3. The predicted molar refractivity (Wildman–Crippen MR) is 56.6 cm³/mol. The van der Waals surface area contributed by atoms with E-state index in [1.165, 1.54) is 25.7 Å². The number of nitrogens with zero attached hydrogens (tertiary/aromatic N) is 4. The van der Waals surface area contributed by atoms with E-state index in [0.717, 1.165) is 0 Å². The number of ether oxygens (including phenoxy) is 1. The highest BCUT2D eigenvalue weighted by molar-refractivity contribution is 5.86. The van der Waals surface area contributed by atoms with Crippen LogP contribution >= 0.6 is 0 Å². The van der Waals surface area contributed by atoms with Crippen LogP contribution < -0.4 is 4.74 Å². The summed E-state index contributed by atoms with van der Waals surface area (Å²) < 4.78 is 4.91. The molecule has 17 heavy (non-hydrogen) atoms. The second-order valence-corrected chi connectivity index (χ2v) is 3.02. The molecule has 2 rings (SSSR count). The second-order valence-electron chi connectivity index (χ2n) is 3.02. The zero-order chi connectivity index (χ0) is 12.3. The molecule has 0 saturated heterocycles. The normalized spacial score (nSPS) is 9.94. The quantitative estimate of drug-likeness (QED) is 0.828. The van der Waals surface area contributed by atoms with Crippen molar-refractivity contribution in [3.8, 4) is 17.4 Å². The fraction of sp³-hybridized carbons (Fsp3) is 0.100. The lowest BCUT2D eigenvalue weighted by Gasteiger charge is -2.03. The maximum absolute atomic E-state index is 10.9. The molecule has 2 heterocycles. The van der Waals surface area contributed by atoms with Crippen molar-refractivity contribution >= 4 is 5.97 Å². The van der Waals surface area contributed by atoms with Crippen molar-refractivity contribution in [2.75, 3.05) is 7.11 Å². The SMILES string of the molecule is COc1cc(C(=O)O)nc(-c2ccncn2)n1. The smallest absolute Gasteiger partial charge is 0.354 e. The average Bonchev–Trinajstić information content (AvgIpc) is 2.39. The Labute approximate surface area is 96.2 Å². The highest BCUT2D eigenvalue weighted by Crippen LogP contribution is 2.16. The lowest BCUT2D eigenvalue weighted by Crippen LogP contribution is -2.05. The fourth-order valence-corrected chi connectivity index (χ4v) is 1.18. The molecule has 7 nitrogen and oxygen atoms in total. The van der Waals surface area contributed by atoms with Crippen molar-refractivity contribution in [2.24, 2.45) is 0 Å². The molecule has 0 unspecified atom stereocenters. The van der Waals surface area contributed by atoms with Gasteiger partial charge in [0.25, 0.3) is 0 Å². The summed E-state index contributed by atoms with van der Waals surface area (Å²) in [4.78, 5) is 26.5. The standard InChI is InChI=1S/C10H8N4O3/c1-17-8-4-7(10(15)16)13-9(14-8)6-2-3-11-5-12-6/h2-5H,1H3,(H,15,16). The first kappa shape index (κ1) is 10.9. The zero-order valence-electron chi connectivity index (χ0n) is 8.86. The third-order valence-electron chi connectivity index (χ3n) is 1.94. The minimum atomic E-state index is -1.15. The molecule has 0 spiro atoms. The van der Waals surface area contributed by atoms with E-state index in [1.807, 2.05) is 0 Å². The molecule has 2 aromatic heterocycles. The molecule has 2 aromatic rings. The molecule has 0 aliphatic heterocycles. The van der Waals surface area contributed by atoms with Crippen LogP contribution in [0.3, 0.4) is 0 Å². The van der Waals surface area contributed by atoms with Gasteiger partial charge in [0.1, 0.15) is 12.0 Å². The molecule has 1 N–H and O–H groups in total. The van der Waals surface area contributed by atoms with Gasteiger partial charge < -0.3 is 9.84 Å². The van der Waals surface area contributed by atoms with Gasteiger partial charge in [-0.2, -0.15) is 4.98 Å². The van der Waals surface area contributed by atoms with Gasteiger partial charge in [-0.05, 0) is 6.07 Å². The molecule has 0 saturated carbocycles. The Morgan fingerprint density at radius 3 is 2.82 bits per heavy atom. The Morgan fingerprint density at radius 2 is 2.24 bits per heavy atom. The highest BCUT2D eigenvalue weighted by atomic mass is 16.5. The number of aromatic nitrogens is 4. The monoisotopic (exact) mass is 232 g/mol. The first-order valence-electron chi connectivity index (χ1n) is 4.63. The van der Waals surface area contributed by atoms with Crippen LogP contribution in [-0.4, -0.2) is 38.1 Å². The number of hydrogen-bond donors (Lipinski definition) is 1. The minimum absolute atomic E-state index is 0.148. The van der Waals surface area contributed by atoms with Gasteiger partial charge in [0.15, 0.2) is 11.5 Å². The summed E-state index contributed by atoms with van der Waals surface area (Å²) in [7, 11) is 1.40. The summed E-state index contributed by atoms with van der Waals surface area (Å²) in [6, 6.07) is 2.83. The van der Waals surface area contributed by atoms with Crippen LogP contribution in [0.15, 0.2) is 24.7 Å². The number of carboxylic acid groups (broad SMARTS) is 1. The molecular weight excluding hydrogens is 224 g/mol. The number of carbonyl (C=O) groups is 1. The van der Waals surface area contributed by atoms with Crippen LogP contribution in [0, 0.1) is 0 Å². The van der Waals surface area contributed by atoms with E-state index < -0.39 is 5.97 Å². The summed E-state index contributed by atoms with van der Waals surface area (Å²) in [6.07, 6.45) is 2.85. The number of hydrogen-bond acceptors (Lipinski definition) is 6. The molecule has 0 radical (unpaired) electrons. The van der Waals surface area contributed by atoms with Crippen LogP contribution in [0.2, 0.25) is 0 Å². The van der Waals surface area contributed by atoms with E-state index >= 15 is 0 Å². The van der Waals surface area contributed by atoms with Crippen LogP contribution in [0.5, 0.6) is 5.88 Å². The van der Waals surface area contributed by atoms with Gasteiger partial charge in [-0.1, -0.05) is 0 Å². The molecule has 86 valence electrons. The molecule has 0 aromatic carbocycles. The fourth-order valence-electron chi connectivity index (χ4n) is 1.18. The van der Waals surface area contributed by atoms with Crippen molar-refractivity contribution in [3.63, 3.8) is 0 Å². The number of aromatic carboxylic acids is 1. The average molecular weight is 232 g/mol. The molecule has 7 heteroatoms. The second kappa shape index (κ2) is 4.52. The van der Waals surface area contributed by atoms with E-state index in [9.17, 15) is 4.79 Å². The third kappa shape index (κ3) is 2.33. The van der Waals surface area contributed by atoms with Crippen molar-refractivity contribution in [2.45, 2.75) is 0 Å². The molecule has 0 atom stereocenters. The maximum Gasteiger partial charge on any atom is 0.354 e. The molecule has 0 bridgehead atoms. The predicted octanol–water partition coefficient (Wildman–Crippen LogP) is 0.640. The van der Waals surface area contributed by atoms with E-state index in [2.05, 4.69) is 19.9 Å². The zero-order valence-corrected chi connectivity index (χ0v) is 8.86. The summed E-state index contributed by atoms with van der Waals surface area (Å²) in [5.74, 6) is -0.795. The Morgan fingerprint density at radius 1 is 1.41 bits per heavy atom. The van der Waals surface area contributed by atoms with Gasteiger partial charge >= 0.3 is 5.97 Å². The van der Waals surface area contributed by atoms with E-state index in [-0.39, 0.29) is 17.4 Å².